The number of thioether (sulfide) groups is 1. The van der Waals surface area contributed by atoms with Crippen molar-refractivity contribution in [1.29, 1.82) is 0 Å². The van der Waals surface area contributed by atoms with Crippen LogP contribution >= 0.6 is 11.8 Å². The van der Waals surface area contributed by atoms with Crippen LogP contribution in [0.15, 0.2) is 17.6 Å². The molecule has 0 bridgehead atoms. The summed E-state index contributed by atoms with van der Waals surface area (Å²) in [4.78, 5) is 17.8. The summed E-state index contributed by atoms with van der Waals surface area (Å²) in [6.45, 7) is 5.28. The van der Waals surface area contributed by atoms with E-state index in [4.69, 9.17) is 4.74 Å². The van der Waals surface area contributed by atoms with Gasteiger partial charge in [0.25, 0.3) is 0 Å². The number of ether oxygens (including phenoxy) is 1. The Balaban J connectivity index is 1.95. The summed E-state index contributed by atoms with van der Waals surface area (Å²) in [7, 11) is 3.48. The molecule has 24 heavy (non-hydrogen) atoms. The van der Waals surface area contributed by atoms with Gasteiger partial charge in [0.15, 0.2) is 5.96 Å². The minimum absolute atomic E-state index is 0.0116. The molecule has 0 aromatic rings. The highest BCUT2D eigenvalue weighted by Gasteiger charge is 2.38. The van der Waals surface area contributed by atoms with E-state index in [1.807, 2.05) is 11.8 Å². The average molecular weight is 355 g/mol. The third-order valence-electron chi connectivity index (χ3n) is 4.52. The van der Waals surface area contributed by atoms with E-state index >= 15 is 0 Å². The molecule has 0 radical (unpaired) electrons. The Bertz CT molecular complexity index is 456. The molecule has 2 aliphatic heterocycles. The van der Waals surface area contributed by atoms with Crippen LogP contribution in [0, 0.1) is 0 Å². The van der Waals surface area contributed by atoms with Gasteiger partial charge < -0.3 is 20.3 Å². The highest BCUT2D eigenvalue weighted by molar-refractivity contribution is 7.99. The van der Waals surface area contributed by atoms with Crippen molar-refractivity contribution in [3.05, 3.63) is 12.7 Å². The predicted molar refractivity (Wildman–Crippen MR) is 101 cm³/mol. The zero-order valence-electron chi connectivity index (χ0n) is 14.8. The molecule has 0 aromatic carbocycles. The number of nitrogens with one attached hydrogen (secondary N) is 2. The highest BCUT2D eigenvalue weighted by atomic mass is 32.2. The van der Waals surface area contributed by atoms with Gasteiger partial charge in [0.05, 0.1) is 5.60 Å². The topological polar surface area (TPSA) is 66.0 Å². The molecule has 1 unspecified atom stereocenters. The molecule has 1 amide bonds. The maximum atomic E-state index is 11.8. The fourth-order valence-electron chi connectivity index (χ4n) is 3.05. The van der Waals surface area contributed by atoms with Crippen LogP contribution in [0.3, 0.4) is 0 Å². The summed E-state index contributed by atoms with van der Waals surface area (Å²) < 4.78 is 6.14. The van der Waals surface area contributed by atoms with Crippen molar-refractivity contribution in [2.24, 2.45) is 4.99 Å². The molecule has 6 nitrogen and oxygen atoms in total. The van der Waals surface area contributed by atoms with Crippen LogP contribution in [0.5, 0.6) is 0 Å². The molecule has 7 heteroatoms. The molecular formula is C17H30N4O2S. The number of guanidine groups is 1. The summed E-state index contributed by atoms with van der Waals surface area (Å²) in [5.41, 5.74) is 0.0319. The second kappa shape index (κ2) is 9.32. The van der Waals surface area contributed by atoms with E-state index in [1.165, 1.54) is 11.5 Å². The van der Waals surface area contributed by atoms with Gasteiger partial charge in [-0.15, -0.1) is 6.58 Å². The van der Waals surface area contributed by atoms with E-state index in [0.717, 1.165) is 32.3 Å². The van der Waals surface area contributed by atoms with Crippen LogP contribution in [-0.2, 0) is 9.53 Å². The smallest absolute Gasteiger partial charge is 0.243 e. The molecule has 2 rings (SSSR count). The fraction of sp³-hybridized carbons (Fsp3) is 0.765. The van der Waals surface area contributed by atoms with Crippen molar-refractivity contribution in [2.45, 2.75) is 37.3 Å². The standard InChI is InChI=1S/C17H30N4O2S/c1-4-8-18-16(19-13-15(22)21(2)3)20-14-5-9-23-17(12-14)6-10-24-11-7-17/h4,14H,1,5-13H2,2-3H3,(H2,18,19,20). The molecule has 1 atom stereocenters. The van der Waals surface area contributed by atoms with Crippen molar-refractivity contribution in [3.8, 4) is 0 Å². The first-order chi connectivity index (χ1) is 11.5. The largest absolute Gasteiger partial charge is 0.375 e. The van der Waals surface area contributed by atoms with E-state index in [9.17, 15) is 4.79 Å². The number of amides is 1. The van der Waals surface area contributed by atoms with Gasteiger partial charge in [-0.05, 0) is 37.2 Å². The number of likely N-dealkylation sites (N-methyl/N-ethyl adjacent to an activating group) is 1. The van der Waals surface area contributed by atoms with Gasteiger partial charge in [0.2, 0.25) is 5.91 Å². The first-order valence-corrected chi connectivity index (χ1v) is 9.78. The zero-order valence-corrected chi connectivity index (χ0v) is 15.7. The molecule has 2 N–H and O–H groups in total. The van der Waals surface area contributed by atoms with Crippen molar-refractivity contribution >= 4 is 23.6 Å². The second-order valence-corrected chi connectivity index (χ2v) is 7.83. The highest BCUT2D eigenvalue weighted by Crippen LogP contribution is 2.37. The Hall–Kier alpha value is -1.21. The number of carbonyl (C=O) groups excluding carboxylic acids is 1. The summed E-state index contributed by atoms with van der Waals surface area (Å²) >= 11 is 2.01. The molecule has 2 aliphatic rings. The number of carbonyl (C=O) groups is 1. The lowest BCUT2D eigenvalue weighted by Crippen LogP contribution is -2.52. The lowest BCUT2D eigenvalue weighted by molar-refractivity contribution is -0.127. The van der Waals surface area contributed by atoms with Crippen molar-refractivity contribution in [3.63, 3.8) is 0 Å². The molecule has 0 aromatic heterocycles. The first-order valence-electron chi connectivity index (χ1n) is 8.62. The normalized spacial score (nSPS) is 23.6. The Kier molecular flexibility index (Phi) is 7.42. The van der Waals surface area contributed by atoms with E-state index in [-0.39, 0.29) is 18.1 Å². The monoisotopic (exact) mass is 354 g/mol. The van der Waals surface area contributed by atoms with Crippen LogP contribution in [0.4, 0.5) is 0 Å². The van der Waals surface area contributed by atoms with Gasteiger partial charge in [-0.3, -0.25) is 4.79 Å². The molecule has 0 aliphatic carbocycles. The Morgan fingerprint density at radius 3 is 2.88 bits per heavy atom. The zero-order chi connectivity index (χ0) is 17.4. The minimum Gasteiger partial charge on any atom is -0.375 e. The third kappa shape index (κ3) is 5.70. The molecule has 136 valence electrons. The molecule has 1 spiro atoms. The molecule has 0 saturated carbocycles. The summed E-state index contributed by atoms with van der Waals surface area (Å²) in [6, 6.07) is 0.326. The van der Waals surface area contributed by atoms with Crippen LogP contribution in [0.2, 0.25) is 0 Å². The molecule has 2 fully saturated rings. The van der Waals surface area contributed by atoms with Crippen LogP contribution < -0.4 is 10.6 Å². The van der Waals surface area contributed by atoms with Gasteiger partial charge in [-0.1, -0.05) is 6.08 Å². The van der Waals surface area contributed by atoms with Crippen molar-refractivity contribution in [2.75, 3.05) is 45.3 Å². The van der Waals surface area contributed by atoms with Gasteiger partial charge >= 0.3 is 0 Å². The number of rotatable bonds is 5. The van der Waals surface area contributed by atoms with Gasteiger partial charge in [0.1, 0.15) is 6.54 Å². The second-order valence-electron chi connectivity index (χ2n) is 6.60. The average Bonchev–Trinajstić information content (AvgIpc) is 2.57. The molecular weight excluding hydrogens is 324 g/mol. The predicted octanol–water partition coefficient (Wildman–Crippen LogP) is 1.24. The SMILES string of the molecule is C=CCNC(=NCC(=O)N(C)C)NC1CCOC2(CCSCC2)C1. The number of hydrogen-bond acceptors (Lipinski definition) is 4. The third-order valence-corrected chi connectivity index (χ3v) is 5.51. The fourth-order valence-corrected chi connectivity index (χ4v) is 4.28. The van der Waals surface area contributed by atoms with Gasteiger partial charge in [0, 0.05) is 33.3 Å². The number of hydrogen-bond donors (Lipinski definition) is 2. The number of aliphatic imine (C=N–C) groups is 1. The summed E-state index contributed by atoms with van der Waals surface area (Å²) in [5.74, 6) is 3.03. The van der Waals surface area contributed by atoms with Gasteiger partial charge in [-0.2, -0.15) is 11.8 Å². The van der Waals surface area contributed by atoms with Crippen LogP contribution in [0.1, 0.15) is 25.7 Å². The quantitative estimate of drug-likeness (QED) is 0.442. The molecule has 2 saturated heterocycles. The Morgan fingerprint density at radius 1 is 1.46 bits per heavy atom. The lowest BCUT2D eigenvalue weighted by Gasteiger charge is -2.43. The maximum absolute atomic E-state index is 11.8. The Morgan fingerprint density at radius 2 is 2.21 bits per heavy atom. The summed E-state index contributed by atoms with van der Waals surface area (Å²) in [6.07, 6.45) is 6.01. The van der Waals surface area contributed by atoms with Crippen LogP contribution in [-0.4, -0.2) is 73.7 Å². The maximum Gasteiger partial charge on any atom is 0.243 e. The summed E-state index contributed by atoms with van der Waals surface area (Å²) in [5, 5.41) is 6.70. The van der Waals surface area contributed by atoms with E-state index in [2.05, 4.69) is 22.2 Å². The Labute approximate surface area is 149 Å². The van der Waals surface area contributed by atoms with Crippen LogP contribution in [0.25, 0.3) is 0 Å². The lowest BCUT2D eigenvalue weighted by atomic mass is 9.85. The number of nitrogens with zero attached hydrogens (tertiary/aromatic N) is 2. The van der Waals surface area contributed by atoms with Gasteiger partial charge in [-0.25, -0.2) is 4.99 Å². The first kappa shape index (κ1) is 19.1. The minimum atomic E-state index is -0.0116. The van der Waals surface area contributed by atoms with Crippen molar-refractivity contribution in [1.82, 2.24) is 15.5 Å². The van der Waals surface area contributed by atoms with E-state index in [0.29, 0.717) is 18.5 Å². The van der Waals surface area contributed by atoms with E-state index < -0.39 is 0 Å². The van der Waals surface area contributed by atoms with Crippen molar-refractivity contribution < 1.29 is 9.53 Å². The molecule has 2 heterocycles. The van der Waals surface area contributed by atoms with E-state index in [1.54, 1.807) is 25.1 Å².